The molecule has 2 unspecified atom stereocenters. The summed E-state index contributed by atoms with van der Waals surface area (Å²) in [7, 11) is 0. The average Bonchev–Trinajstić information content (AvgIpc) is 3.14. The van der Waals surface area contributed by atoms with E-state index >= 15 is 0 Å². The zero-order valence-corrected chi connectivity index (χ0v) is 22.4. The molecule has 5 rings (SSSR count). The van der Waals surface area contributed by atoms with Crippen LogP contribution in [0.1, 0.15) is 38.8 Å². The number of hydrogen-bond acceptors (Lipinski definition) is 9. The predicted molar refractivity (Wildman–Crippen MR) is 147 cm³/mol. The van der Waals surface area contributed by atoms with Gasteiger partial charge >= 0.3 is 6.03 Å². The SMILES string of the molecule is O=C(C(O)c1ccccc1)[C@H]1O[C@@H](N2CCC(O)CNC2=O)[C@@](O)(C(=O)c2ccccc2)[C@@]1(O)C(=O)c1ccccc1. The fourth-order valence-electron chi connectivity index (χ4n) is 5.45. The van der Waals surface area contributed by atoms with Gasteiger partial charge in [-0.1, -0.05) is 91.0 Å². The minimum atomic E-state index is -3.32. The first-order valence-corrected chi connectivity index (χ1v) is 13.4. The van der Waals surface area contributed by atoms with Crippen molar-refractivity contribution in [2.75, 3.05) is 13.1 Å². The summed E-state index contributed by atoms with van der Waals surface area (Å²) < 4.78 is 5.92. The Morgan fingerprint density at radius 2 is 1.33 bits per heavy atom. The van der Waals surface area contributed by atoms with Crippen LogP contribution < -0.4 is 5.32 Å². The van der Waals surface area contributed by atoms with E-state index in [-0.39, 0.29) is 36.2 Å². The first kappa shape index (κ1) is 29.2. The largest absolute Gasteiger partial charge is 0.391 e. The monoisotopic (exact) mass is 574 g/mol. The van der Waals surface area contributed by atoms with Crippen molar-refractivity contribution in [2.45, 2.75) is 42.2 Å². The van der Waals surface area contributed by atoms with Gasteiger partial charge in [0.2, 0.25) is 22.8 Å². The molecule has 2 aliphatic heterocycles. The number of ether oxygens (including phenoxy) is 1. The zero-order chi connectivity index (χ0) is 30.1. The number of rotatable bonds is 8. The summed E-state index contributed by atoms with van der Waals surface area (Å²) in [6.07, 6.45) is -7.29. The molecule has 3 aromatic rings. The molecule has 0 spiro atoms. The molecule has 2 heterocycles. The summed E-state index contributed by atoms with van der Waals surface area (Å²) in [6, 6.07) is 21.3. The van der Waals surface area contributed by atoms with Gasteiger partial charge < -0.3 is 30.5 Å². The Morgan fingerprint density at radius 3 is 1.88 bits per heavy atom. The fraction of sp³-hybridized carbons (Fsp3) is 0.290. The van der Waals surface area contributed by atoms with Gasteiger partial charge in [-0.05, 0) is 12.0 Å². The number of nitrogens with zero attached hydrogens (tertiary/aromatic N) is 1. The van der Waals surface area contributed by atoms with Crippen molar-refractivity contribution < 1.29 is 44.3 Å². The van der Waals surface area contributed by atoms with Gasteiger partial charge in [0.25, 0.3) is 0 Å². The van der Waals surface area contributed by atoms with Crippen LogP contribution in [-0.4, -0.2) is 91.4 Å². The van der Waals surface area contributed by atoms with Crippen molar-refractivity contribution >= 4 is 23.4 Å². The first-order chi connectivity index (χ1) is 20.1. The highest BCUT2D eigenvalue weighted by molar-refractivity contribution is 6.16. The quantitative estimate of drug-likeness (QED) is 0.246. The maximum Gasteiger partial charge on any atom is 0.319 e. The molecule has 0 saturated carbocycles. The Labute approximate surface area is 241 Å². The second-order valence-corrected chi connectivity index (χ2v) is 10.3. The molecule has 0 bridgehead atoms. The lowest BCUT2D eigenvalue weighted by Crippen LogP contribution is -2.71. The molecule has 0 aromatic heterocycles. The van der Waals surface area contributed by atoms with E-state index < -0.39 is 59.1 Å². The molecule has 6 atom stereocenters. The standard InChI is InChI=1S/C31H30N2O9/c34-22-16-17-33(29(39)32-18-22)28-31(41,26(38)21-14-8-3-9-15-21)30(40,25(37)20-12-6-2-7-13-20)27(42-28)24(36)23(35)19-10-4-1-5-11-19/h1-15,22-23,27-28,34-35,40-41H,16-18H2,(H,32,39)/t22?,23?,27-,28-,30-,31+/m1/s1. The van der Waals surface area contributed by atoms with E-state index in [4.69, 9.17) is 4.74 Å². The second kappa shape index (κ2) is 11.6. The van der Waals surface area contributed by atoms with Crippen molar-refractivity contribution in [1.82, 2.24) is 10.2 Å². The third-order valence-electron chi connectivity index (χ3n) is 7.73. The summed E-state index contributed by atoms with van der Waals surface area (Å²) in [4.78, 5) is 56.3. The number of ketones is 3. The van der Waals surface area contributed by atoms with Crippen LogP contribution in [-0.2, 0) is 9.53 Å². The number of β-amino-alcohol motifs (C(OH)–C–C–N with tert-alkyl or cyclic N) is 1. The third kappa shape index (κ3) is 4.81. The lowest BCUT2D eigenvalue weighted by atomic mass is 9.69. The van der Waals surface area contributed by atoms with Gasteiger partial charge in [-0.2, -0.15) is 0 Å². The molecule has 11 nitrogen and oxygen atoms in total. The maximum absolute atomic E-state index is 14.2. The minimum absolute atomic E-state index is 0.00940. The number of aliphatic hydroxyl groups is 4. The van der Waals surface area contributed by atoms with Crippen molar-refractivity contribution in [3.05, 3.63) is 108 Å². The van der Waals surface area contributed by atoms with E-state index in [2.05, 4.69) is 5.32 Å². The van der Waals surface area contributed by atoms with Gasteiger partial charge in [-0.3, -0.25) is 19.3 Å². The number of nitrogens with one attached hydrogen (secondary N) is 1. The van der Waals surface area contributed by atoms with Gasteiger partial charge in [0.15, 0.2) is 18.1 Å². The second-order valence-electron chi connectivity index (χ2n) is 10.3. The summed E-state index contributed by atoms with van der Waals surface area (Å²) in [5.41, 5.74) is -6.75. The van der Waals surface area contributed by atoms with Gasteiger partial charge in [0.05, 0.1) is 6.10 Å². The highest BCUT2D eigenvalue weighted by Gasteiger charge is 2.76. The molecule has 11 heteroatoms. The Balaban J connectivity index is 1.72. The number of hydrogen-bond donors (Lipinski definition) is 5. The normalized spacial score (nSPS) is 28.4. The first-order valence-electron chi connectivity index (χ1n) is 13.4. The van der Waals surface area contributed by atoms with E-state index in [9.17, 15) is 39.6 Å². The van der Waals surface area contributed by atoms with Crippen LogP contribution in [0.2, 0.25) is 0 Å². The van der Waals surface area contributed by atoms with Crippen LogP contribution in [0.25, 0.3) is 0 Å². The van der Waals surface area contributed by atoms with Crippen LogP contribution in [0, 0.1) is 0 Å². The fourth-order valence-corrected chi connectivity index (χ4v) is 5.45. The molecule has 2 fully saturated rings. The van der Waals surface area contributed by atoms with Crippen molar-refractivity contribution in [1.29, 1.82) is 0 Å². The van der Waals surface area contributed by atoms with E-state index in [1.165, 1.54) is 60.7 Å². The lowest BCUT2D eigenvalue weighted by Gasteiger charge is -2.41. The van der Waals surface area contributed by atoms with Crippen LogP contribution >= 0.6 is 0 Å². The smallest absolute Gasteiger partial charge is 0.319 e. The minimum Gasteiger partial charge on any atom is -0.391 e. The Kier molecular flexibility index (Phi) is 8.04. The molecule has 0 aliphatic carbocycles. The Morgan fingerprint density at radius 1 is 0.833 bits per heavy atom. The number of amides is 2. The van der Waals surface area contributed by atoms with Crippen LogP contribution in [0.15, 0.2) is 91.0 Å². The van der Waals surface area contributed by atoms with Crippen LogP contribution in [0.4, 0.5) is 4.79 Å². The average molecular weight is 575 g/mol. The number of aliphatic hydroxyl groups excluding tert-OH is 2. The van der Waals surface area contributed by atoms with Gasteiger partial charge in [0.1, 0.15) is 6.10 Å². The van der Waals surface area contributed by atoms with E-state index in [1.54, 1.807) is 30.3 Å². The molecule has 42 heavy (non-hydrogen) atoms. The number of carbonyl (C=O) groups is 4. The summed E-state index contributed by atoms with van der Waals surface area (Å²) >= 11 is 0. The Hall–Kier alpha value is -4.26. The molecular formula is C31H30N2O9. The molecule has 5 N–H and O–H groups in total. The summed E-state index contributed by atoms with van der Waals surface area (Å²) in [6.45, 7) is -0.408. The van der Waals surface area contributed by atoms with Crippen molar-refractivity contribution in [3.63, 3.8) is 0 Å². The Bertz CT molecular complexity index is 1470. The summed E-state index contributed by atoms with van der Waals surface area (Å²) in [5.74, 6) is -3.64. The summed E-state index contributed by atoms with van der Waals surface area (Å²) in [5, 5.41) is 48.5. The third-order valence-corrected chi connectivity index (χ3v) is 7.73. The topological polar surface area (TPSA) is 174 Å². The number of urea groups is 1. The molecule has 0 radical (unpaired) electrons. The van der Waals surface area contributed by atoms with Crippen LogP contribution in [0.3, 0.4) is 0 Å². The highest BCUT2D eigenvalue weighted by atomic mass is 16.6. The number of carbonyl (C=O) groups excluding carboxylic acids is 4. The molecule has 218 valence electrons. The zero-order valence-electron chi connectivity index (χ0n) is 22.4. The number of benzene rings is 3. The van der Waals surface area contributed by atoms with Crippen molar-refractivity contribution in [2.24, 2.45) is 0 Å². The van der Waals surface area contributed by atoms with Gasteiger partial charge in [-0.15, -0.1) is 0 Å². The number of Topliss-reactive ketones (excluding diaryl/α,β-unsaturated/α-hetero) is 3. The van der Waals surface area contributed by atoms with Gasteiger partial charge in [0, 0.05) is 24.2 Å². The van der Waals surface area contributed by atoms with E-state index in [0.29, 0.717) is 0 Å². The highest BCUT2D eigenvalue weighted by Crippen LogP contribution is 2.47. The predicted octanol–water partition coefficient (Wildman–Crippen LogP) is 1.02. The molecule has 2 saturated heterocycles. The van der Waals surface area contributed by atoms with E-state index in [1.807, 2.05) is 0 Å². The molecule has 3 aromatic carbocycles. The molecule has 2 aliphatic rings. The maximum atomic E-state index is 14.2. The van der Waals surface area contributed by atoms with Crippen LogP contribution in [0.5, 0.6) is 0 Å². The van der Waals surface area contributed by atoms with Crippen molar-refractivity contribution in [3.8, 4) is 0 Å². The van der Waals surface area contributed by atoms with E-state index in [0.717, 1.165) is 4.90 Å². The molecule has 2 amide bonds. The van der Waals surface area contributed by atoms with Gasteiger partial charge in [-0.25, -0.2) is 4.79 Å². The molecular weight excluding hydrogens is 544 g/mol. The lowest BCUT2D eigenvalue weighted by molar-refractivity contribution is -0.149.